The lowest BCUT2D eigenvalue weighted by atomic mass is 10.1. The van der Waals surface area contributed by atoms with Gasteiger partial charge in [0.2, 0.25) is 5.91 Å². The molecule has 6 nitrogen and oxygen atoms in total. The molecule has 0 radical (unpaired) electrons. The fourth-order valence-electron chi connectivity index (χ4n) is 4.08. The number of carbonyl (C=O) groups excluding carboxylic acids is 2. The van der Waals surface area contributed by atoms with Crippen LogP contribution in [0.1, 0.15) is 12.0 Å². The molecule has 2 aromatic carbocycles. The Bertz CT molecular complexity index is 970. The molecule has 2 aliphatic rings. The molecule has 2 aliphatic heterocycles. The number of halogens is 3. The van der Waals surface area contributed by atoms with Gasteiger partial charge in [-0.05, 0) is 42.5 Å². The molecule has 0 bridgehead atoms. The summed E-state index contributed by atoms with van der Waals surface area (Å²) in [5.74, 6) is -0.179. The highest BCUT2D eigenvalue weighted by Gasteiger charge is 2.44. The molecule has 2 saturated heterocycles. The molecule has 2 heterocycles. The largest absolute Gasteiger partial charge is 0.497 e. The van der Waals surface area contributed by atoms with Crippen LogP contribution in [-0.2, 0) is 15.8 Å². The monoisotopic (exact) mass is 433 g/mol. The standard InChI is InChI=1S/C22H22F3N3O3/c1-31-18-7-5-16(6-8-18)26-9-11-27(12-10-26)19-14-20(29)28(21(19)30)17-4-2-3-15(13-17)22(23,24)25/h2-8,13,19H,9-12,14H2,1H3. The summed E-state index contributed by atoms with van der Waals surface area (Å²) < 4.78 is 44.3. The summed E-state index contributed by atoms with van der Waals surface area (Å²) in [7, 11) is 1.61. The fraction of sp³-hybridized carbons (Fsp3) is 0.364. The van der Waals surface area contributed by atoms with Gasteiger partial charge in [-0.1, -0.05) is 6.07 Å². The van der Waals surface area contributed by atoms with E-state index >= 15 is 0 Å². The van der Waals surface area contributed by atoms with Gasteiger partial charge in [0.1, 0.15) is 5.75 Å². The molecule has 4 rings (SSSR count). The summed E-state index contributed by atoms with van der Waals surface area (Å²) in [5.41, 5.74) is 0.117. The number of carbonyl (C=O) groups is 2. The van der Waals surface area contributed by atoms with Gasteiger partial charge in [0.25, 0.3) is 5.91 Å². The molecular weight excluding hydrogens is 411 g/mol. The molecule has 31 heavy (non-hydrogen) atoms. The molecule has 0 N–H and O–H groups in total. The van der Waals surface area contributed by atoms with E-state index in [2.05, 4.69) is 4.90 Å². The van der Waals surface area contributed by atoms with Crippen LogP contribution in [0.5, 0.6) is 5.75 Å². The Labute approximate surface area is 177 Å². The van der Waals surface area contributed by atoms with E-state index in [4.69, 9.17) is 4.74 Å². The molecule has 0 aliphatic carbocycles. The highest BCUT2D eigenvalue weighted by molar-refractivity contribution is 6.22. The highest BCUT2D eigenvalue weighted by Crippen LogP contribution is 2.34. The van der Waals surface area contributed by atoms with Crippen molar-refractivity contribution in [3.63, 3.8) is 0 Å². The molecule has 0 spiro atoms. The lowest BCUT2D eigenvalue weighted by molar-refractivity contribution is -0.137. The molecular formula is C22H22F3N3O3. The van der Waals surface area contributed by atoms with Crippen LogP contribution < -0.4 is 14.5 Å². The number of imide groups is 1. The van der Waals surface area contributed by atoms with Crippen LogP contribution in [0.2, 0.25) is 0 Å². The van der Waals surface area contributed by atoms with Gasteiger partial charge in [-0.15, -0.1) is 0 Å². The number of methoxy groups -OCH3 is 1. The first-order valence-corrected chi connectivity index (χ1v) is 9.95. The van der Waals surface area contributed by atoms with Crippen molar-refractivity contribution in [1.29, 1.82) is 0 Å². The van der Waals surface area contributed by atoms with Crippen LogP contribution in [0.4, 0.5) is 24.5 Å². The number of anilines is 2. The first-order chi connectivity index (χ1) is 14.8. The Hall–Kier alpha value is -3.07. The van der Waals surface area contributed by atoms with Gasteiger partial charge >= 0.3 is 6.18 Å². The summed E-state index contributed by atoms with van der Waals surface area (Å²) in [6.07, 6.45) is -4.57. The number of hydrogen-bond acceptors (Lipinski definition) is 5. The summed E-state index contributed by atoms with van der Waals surface area (Å²) in [6, 6.07) is 11.4. The van der Waals surface area contributed by atoms with Crippen molar-refractivity contribution in [1.82, 2.24) is 4.90 Å². The van der Waals surface area contributed by atoms with Crippen LogP contribution in [-0.4, -0.2) is 56.0 Å². The maximum absolute atomic E-state index is 13.0. The van der Waals surface area contributed by atoms with E-state index < -0.39 is 29.6 Å². The maximum atomic E-state index is 13.0. The lowest BCUT2D eigenvalue weighted by Crippen LogP contribution is -2.52. The van der Waals surface area contributed by atoms with Gasteiger partial charge in [-0.2, -0.15) is 13.2 Å². The summed E-state index contributed by atoms with van der Waals surface area (Å²) >= 11 is 0. The van der Waals surface area contributed by atoms with Crippen LogP contribution in [0.15, 0.2) is 48.5 Å². The lowest BCUT2D eigenvalue weighted by Gasteiger charge is -2.38. The SMILES string of the molecule is COc1ccc(N2CCN(C3CC(=O)N(c4cccc(C(F)(F)F)c4)C3=O)CC2)cc1. The molecule has 0 saturated carbocycles. The van der Waals surface area contributed by atoms with Gasteiger partial charge in [0.05, 0.1) is 30.8 Å². The second-order valence-electron chi connectivity index (χ2n) is 7.56. The minimum absolute atomic E-state index is 0.0301. The van der Waals surface area contributed by atoms with E-state index in [0.717, 1.165) is 28.5 Å². The highest BCUT2D eigenvalue weighted by atomic mass is 19.4. The van der Waals surface area contributed by atoms with E-state index in [0.29, 0.717) is 26.2 Å². The number of benzene rings is 2. The predicted molar refractivity (Wildman–Crippen MR) is 109 cm³/mol. The van der Waals surface area contributed by atoms with Crippen molar-refractivity contribution in [3.8, 4) is 5.75 Å². The average Bonchev–Trinajstić information content (AvgIpc) is 3.07. The van der Waals surface area contributed by atoms with Crippen molar-refractivity contribution >= 4 is 23.2 Å². The average molecular weight is 433 g/mol. The van der Waals surface area contributed by atoms with E-state index in [9.17, 15) is 22.8 Å². The van der Waals surface area contributed by atoms with Crippen molar-refractivity contribution in [2.24, 2.45) is 0 Å². The van der Waals surface area contributed by atoms with Crippen LogP contribution in [0, 0.1) is 0 Å². The van der Waals surface area contributed by atoms with Gasteiger partial charge in [0.15, 0.2) is 0 Å². The van der Waals surface area contributed by atoms with Gasteiger partial charge < -0.3 is 9.64 Å². The van der Waals surface area contributed by atoms with E-state index in [1.54, 1.807) is 7.11 Å². The van der Waals surface area contributed by atoms with Crippen molar-refractivity contribution in [3.05, 3.63) is 54.1 Å². The minimum Gasteiger partial charge on any atom is -0.497 e. The third-order valence-electron chi connectivity index (χ3n) is 5.75. The molecule has 2 fully saturated rings. The summed E-state index contributed by atoms with van der Waals surface area (Å²) in [5, 5.41) is 0. The Balaban J connectivity index is 1.44. The Morgan fingerprint density at radius 2 is 1.61 bits per heavy atom. The number of ether oxygens (including phenoxy) is 1. The smallest absolute Gasteiger partial charge is 0.416 e. The summed E-state index contributed by atoms with van der Waals surface area (Å²) in [6.45, 7) is 2.50. The molecule has 2 amide bonds. The van der Waals surface area contributed by atoms with Gasteiger partial charge in [-0.3, -0.25) is 14.5 Å². The quantitative estimate of drug-likeness (QED) is 0.694. The first-order valence-electron chi connectivity index (χ1n) is 9.95. The topological polar surface area (TPSA) is 53.1 Å². The van der Waals surface area contributed by atoms with Crippen molar-refractivity contribution in [2.75, 3.05) is 43.1 Å². The number of piperazine rings is 1. The van der Waals surface area contributed by atoms with Gasteiger partial charge in [0, 0.05) is 31.9 Å². The van der Waals surface area contributed by atoms with Gasteiger partial charge in [-0.25, -0.2) is 4.90 Å². The normalized spacial score (nSPS) is 20.5. The Kier molecular flexibility index (Phi) is 5.62. The number of alkyl halides is 3. The number of rotatable bonds is 4. The zero-order valence-electron chi connectivity index (χ0n) is 16.9. The molecule has 2 aromatic rings. The molecule has 1 unspecified atom stereocenters. The Morgan fingerprint density at radius 3 is 2.23 bits per heavy atom. The van der Waals surface area contributed by atoms with Crippen molar-refractivity contribution < 1.29 is 27.5 Å². The Morgan fingerprint density at radius 1 is 0.935 bits per heavy atom. The molecule has 164 valence electrons. The van der Waals surface area contributed by atoms with Crippen LogP contribution in [0.3, 0.4) is 0 Å². The molecule has 0 aromatic heterocycles. The second-order valence-corrected chi connectivity index (χ2v) is 7.56. The summed E-state index contributed by atoms with van der Waals surface area (Å²) in [4.78, 5) is 30.5. The number of nitrogens with zero attached hydrogens (tertiary/aromatic N) is 3. The minimum atomic E-state index is -4.54. The zero-order chi connectivity index (χ0) is 22.2. The number of amides is 2. The third kappa shape index (κ3) is 4.23. The maximum Gasteiger partial charge on any atom is 0.416 e. The fourth-order valence-corrected chi connectivity index (χ4v) is 4.08. The van der Waals surface area contributed by atoms with Crippen molar-refractivity contribution in [2.45, 2.75) is 18.6 Å². The van der Waals surface area contributed by atoms with E-state index in [-0.39, 0.29) is 12.1 Å². The zero-order valence-corrected chi connectivity index (χ0v) is 16.9. The van der Waals surface area contributed by atoms with E-state index in [1.807, 2.05) is 29.2 Å². The van der Waals surface area contributed by atoms with Crippen LogP contribution >= 0.6 is 0 Å². The number of hydrogen-bond donors (Lipinski definition) is 0. The van der Waals surface area contributed by atoms with E-state index in [1.165, 1.54) is 12.1 Å². The third-order valence-corrected chi connectivity index (χ3v) is 5.75. The predicted octanol–water partition coefficient (Wildman–Crippen LogP) is 3.17. The first kappa shape index (κ1) is 21.2. The van der Waals surface area contributed by atoms with Crippen LogP contribution in [0.25, 0.3) is 0 Å². The second kappa shape index (κ2) is 8.22. The molecule has 9 heteroatoms. The molecule has 1 atom stereocenters.